The van der Waals surface area contributed by atoms with Gasteiger partial charge in [-0.15, -0.1) is 12.4 Å². The molecule has 0 radical (unpaired) electrons. The monoisotopic (exact) mass is 151 g/mol. The molecule has 0 aromatic rings. The van der Waals surface area contributed by atoms with E-state index in [0.29, 0.717) is 0 Å². The van der Waals surface area contributed by atoms with Crippen LogP contribution in [0, 0.1) is 0 Å². The van der Waals surface area contributed by atoms with Gasteiger partial charge in [0.15, 0.2) is 0 Å². The average molecular weight is 152 g/mol. The van der Waals surface area contributed by atoms with Crippen LogP contribution in [0.1, 0.15) is 26.7 Å². The summed E-state index contributed by atoms with van der Waals surface area (Å²) in [5.74, 6) is 0. The number of hydrogen-bond donors (Lipinski definition) is 2. The van der Waals surface area contributed by atoms with Gasteiger partial charge in [0, 0.05) is 5.54 Å². The number of hydrogen-bond acceptors (Lipinski definition) is 2. The highest BCUT2D eigenvalue weighted by molar-refractivity contribution is 5.85. The Morgan fingerprint density at radius 1 is 1.33 bits per heavy atom. The van der Waals surface area contributed by atoms with Gasteiger partial charge < -0.3 is 10.8 Å². The van der Waals surface area contributed by atoms with Crippen molar-refractivity contribution in [3.8, 4) is 0 Å². The molecule has 9 heavy (non-hydrogen) atoms. The molecule has 1 aliphatic rings. The Morgan fingerprint density at radius 3 is 1.67 bits per heavy atom. The molecule has 3 N–H and O–H groups in total. The Balaban J connectivity index is 0.000000640. The fraction of sp³-hybridized carbons (Fsp3) is 1.00. The number of aliphatic hydroxyl groups is 1. The van der Waals surface area contributed by atoms with Gasteiger partial charge in [-0.25, -0.2) is 0 Å². The fourth-order valence-corrected chi connectivity index (χ4v) is 1.69. The standard InChI is InChI=1S/C6H13NO.ClH/c1-5(7)3-6(2,8)4-5;/h8H,3-4,7H2,1-2H3;1H. The zero-order valence-corrected chi connectivity index (χ0v) is 6.66. The van der Waals surface area contributed by atoms with Crippen LogP contribution in [-0.4, -0.2) is 16.2 Å². The van der Waals surface area contributed by atoms with Gasteiger partial charge in [0.2, 0.25) is 0 Å². The number of halogens is 1. The Kier molecular flexibility index (Phi) is 2.16. The van der Waals surface area contributed by atoms with Crippen molar-refractivity contribution in [3.63, 3.8) is 0 Å². The summed E-state index contributed by atoms with van der Waals surface area (Å²) in [4.78, 5) is 0. The van der Waals surface area contributed by atoms with Gasteiger partial charge in [-0.1, -0.05) is 0 Å². The summed E-state index contributed by atoms with van der Waals surface area (Å²) in [5, 5.41) is 9.17. The third-order valence-corrected chi connectivity index (χ3v) is 1.57. The summed E-state index contributed by atoms with van der Waals surface area (Å²) in [7, 11) is 0. The average Bonchev–Trinajstić information content (AvgIpc) is 1.20. The molecule has 0 amide bonds. The SMILES string of the molecule is CC1(N)CC(C)(O)C1.Cl. The van der Waals surface area contributed by atoms with Crippen molar-refractivity contribution >= 4 is 12.4 Å². The maximum atomic E-state index is 9.17. The smallest absolute Gasteiger partial charge is 0.0654 e. The molecule has 0 atom stereocenters. The van der Waals surface area contributed by atoms with E-state index >= 15 is 0 Å². The van der Waals surface area contributed by atoms with E-state index in [9.17, 15) is 0 Å². The number of rotatable bonds is 0. The highest BCUT2D eigenvalue weighted by Crippen LogP contribution is 2.38. The third-order valence-electron chi connectivity index (χ3n) is 1.57. The van der Waals surface area contributed by atoms with Crippen LogP contribution in [0.4, 0.5) is 0 Å². The second kappa shape index (κ2) is 2.11. The summed E-state index contributed by atoms with van der Waals surface area (Å²) in [6, 6.07) is 0. The molecule has 1 rings (SSSR count). The van der Waals surface area contributed by atoms with Gasteiger partial charge in [0.05, 0.1) is 5.60 Å². The molecular weight excluding hydrogens is 138 g/mol. The number of nitrogens with two attached hydrogens (primary N) is 1. The molecule has 1 fully saturated rings. The minimum atomic E-state index is -0.469. The Hall–Kier alpha value is 0.210. The molecular formula is C6H14ClNO. The molecule has 1 aliphatic carbocycles. The Bertz CT molecular complexity index is 89.6. The van der Waals surface area contributed by atoms with E-state index < -0.39 is 5.60 Å². The molecule has 0 heterocycles. The van der Waals surface area contributed by atoms with Crippen LogP contribution >= 0.6 is 12.4 Å². The van der Waals surface area contributed by atoms with Crippen LogP contribution < -0.4 is 5.73 Å². The van der Waals surface area contributed by atoms with Gasteiger partial charge in [-0.05, 0) is 26.7 Å². The van der Waals surface area contributed by atoms with Crippen LogP contribution in [0.25, 0.3) is 0 Å². The molecule has 56 valence electrons. The Labute approximate surface area is 61.8 Å². The van der Waals surface area contributed by atoms with Gasteiger partial charge in [0.1, 0.15) is 0 Å². The van der Waals surface area contributed by atoms with Crippen LogP contribution in [-0.2, 0) is 0 Å². The first-order chi connectivity index (χ1) is 3.41. The molecule has 2 nitrogen and oxygen atoms in total. The summed E-state index contributed by atoms with van der Waals surface area (Å²) in [6.07, 6.45) is 1.47. The largest absolute Gasteiger partial charge is 0.390 e. The second-order valence-corrected chi connectivity index (χ2v) is 3.50. The lowest BCUT2D eigenvalue weighted by molar-refractivity contribution is -0.0641. The second-order valence-electron chi connectivity index (χ2n) is 3.50. The summed E-state index contributed by atoms with van der Waals surface area (Å²) in [6.45, 7) is 3.78. The summed E-state index contributed by atoms with van der Waals surface area (Å²) < 4.78 is 0. The predicted molar refractivity (Wildman–Crippen MR) is 39.7 cm³/mol. The first-order valence-corrected chi connectivity index (χ1v) is 2.93. The molecule has 0 saturated heterocycles. The van der Waals surface area contributed by atoms with Crippen molar-refractivity contribution in [1.29, 1.82) is 0 Å². The van der Waals surface area contributed by atoms with Crippen molar-refractivity contribution < 1.29 is 5.11 Å². The van der Waals surface area contributed by atoms with Crippen molar-refractivity contribution in [2.24, 2.45) is 5.73 Å². The molecule has 0 bridgehead atoms. The lowest BCUT2D eigenvalue weighted by atomic mass is 9.68. The van der Waals surface area contributed by atoms with Gasteiger partial charge in [-0.2, -0.15) is 0 Å². The molecule has 0 aromatic heterocycles. The lowest BCUT2D eigenvalue weighted by Gasteiger charge is -2.47. The van der Waals surface area contributed by atoms with Crippen molar-refractivity contribution in [2.75, 3.05) is 0 Å². The quantitative estimate of drug-likeness (QED) is 0.535. The van der Waals surface area contributed by atoms with Gasteiger partial charge in [-0.3, -0.25) is 0 Å². The first-order valence-electron chi connectivity index (χ1n) is 2.93. The van der Waals surface area contributed by atoms with Crippen LogP contribution in [0.15, 0.2) is 0 Å². The van der Waals surface area contributed by atoms with Crippen molar-refractivity contribution in [3.05, 3.63) is 0 Å². The van der Waals surface area contributed by atoms with E-state index in [4.69, 9.17) is 10.8 Å². The van der Waals surface area contributed by atoms with Gasteiger partial charge >= 0.3 is 0 Å². The van der Waals surface area contributed by atoms with Crippen LogP contribution in [0.5, 0.6) is 0 Å². The van der Waals surface area contributed by atoms with E-state index in [0.717, 1.165) is 12.8 Å². The van der Waals surface area contributed by atoms with E-state index in [2.05, 4.69) is 0 Å². The fourth-order valence-electron chi connectivity index (χ4n) is 1.69. The van der Waals surface area contributed by atoms with E-state index in [1.54, 1.807) is 0 Å². The zero-order valence-electron chi connectivity index (χ0n) is 5.85. The van der Waals surface area contributed by atoms with Crippen LogP contribution in [0.2, 0.25) is 0 Å². The topological polar surface area (TPSA) is 46.2 Å². The molecule has 0 aliphatic heterocycles. The molecule has 0 spiro atoms. The third kappa shape index (κ3) is 2.12. The van der Waals surface area contributed by atoms with Gasteiger partial charge in [0.25, 0.3) is 0 Å². The van der Waals surface area contributed by atoms with Crippen LogP contribution in [0.3, 0.4) is 0 Å². The predicted octanol–water partition coefficient (Wildman–Crippen LogP) is 0.670. The minimum Gasteiger partial charge on any atom is -0.390 e. The Morgan fingerprint density at radius 2 is 1.67 bits per heavy atom. The van der Waals surface area contributed by atoms with E-state index in [-0.39, 0.29) is 17.9 Å². The van der Waals surface area contributed by atoms with Crippen molar-refractivity contribution in [1.82, 2.24) is 0 Å². The maximum absolute atomic E-state index is 9.17. The zero-order chi connectivity index (χ0) is 6.41. The molecule has 3 heteroatoms. The first kappa shape index (κ1) is 9.21. The maximum Gasteiger partial charge on any atom is 0.0654 e. The molecule has 0 unspecified atom stereocenters. The van der Waals surface area contributed by atoms with E-state index in [1.165, 1.54) is 0 Å². The lowest BCUT2D eigenvalue weighted by Crippen LogP contribution is -2.58. The normalized spacial score (nSPS) is 49.3. The summed E-state index contributed by atoms with van der Waals surface area (Å²) in [5.41, 5.74) is 5.07. The molecule has 0 aromatic carbocycles. The summed E-state index contributed by atoms with van der Waals surface area (Å²) >= 11 is 0. The molecule has 1 saturated carbocycles. The highest BCUT2D eigenvalue weighted by Gasteiger charge is 2.44. The highest BCUT2D eigenvalue weighted by atomic mass is 35.5. The minimum absolute atomic E-state index is 0. The van der Waals surface area contributed by atoms with Crippen molar-refractivity contribution in [2.45, 2.75) is 37.8 Å². The van der Waals surface area contributed by atoms with E-state index in [1.807, 2.05) is 13.8 Å².